The molecule has 0 amide bonds. The molecule has 0 aliphatic rings. The Bertz CT molecular complexity index is 783. The van der Waals surface area contributed by atoms with Crippen LogP contribution in [0.25, 0.3) is 0 Å². The van der Waals surface area contributed by atoms with Crippen molar-refractivity contribution in [1.29, 1.82) is 5.26 Å². The molecule has 1 heterocycles. The second-order valence-electron chi connectivity index (χ2n) is 4.36. The lowest BCUT2D eigenvalue weighted by molar-refractivity contribution is 0.466. The highest BCUT2D eigenvalue weighted by molar-refractivity contribution is 7.89. The van der Waals surface area contributed by atoms with Gasteiger partial charge >= 0.3 is 0 Å². The largest absolute Gasteiger partial charge is 0.246 e. The lowest BCUT2D eigenvalue weighted by atomic mass is 10.1. The highest BCUT2D eigenvalue weighted by Gasteiger charge is 2.24. The van der Waals surface area contributed by atoms with Crippen LogP contribution in [0.15, 0.2) is 47.5 Å². The Morgan fingerprint density at radius 1 is 1.29 bits per heavy atom. The number of halogens is 1. The van der Waals surface area contributed by atoms with Crippen molar-refractivity contribution in [3.63, 3.8) is 0 Å². The zero-order valence-electron chi connectivity index (χ0n) is 11.2. The summed E-state index contributed by atoms with van der Waals surface area (Å²) in [4.78, 5) is 3.76. The van der Waals surface area contributed by atoms with Gasteiger partial charge < -0.3 is 0 Å². The van der Waals surface area contributed by atoms with Gasteiger partial charge in [0.1, 0.15) is 10.0 Å². The molecule has 0 bridgehead atoms. The second kappa shape index (κ2) is 6.22. The quantitative estimate of drug-likeness (QED) is 0.811. The topological polar surface area (TPSA) is 74.1 Å². The third kappa shape index (κ3) is 3.39. The van der Waals surface area contributed by atoms with E-state index in [0.29, 0.717) is 5.56 Å². The van der Waals surface area contributed by atoms with E-state index in [9.17, 15) is 8.42 Å². The van der Waals surface area contributed by atoms with Crippen molar-refractivity contribution in [1.82, 2.24) is 9.29 Å². The van der Waals surface area contributed by atoms with Gasteiger partial charge in [0, 0.05) is 19.8 Å². The number of aromatic nitrogens is 1. The number of hydrogen-bond acceptors (Lipinski definition) is 4. The predicted molar refractivity (Wildman–Crippen MR) is 79.1 cm³/mol. The highest BCUT2D eigenvalue weighted by atomic mass is 35.5. The number of nitrogens with zero attached hydrogens (tertiary/aromatic N) is 3. The molecule has 0 unspecified atom stereocenters. The van der Waals surface area contributed by atoms with Crippen LogP contribution in [0.2, 0.25) is 5.15 Å². The van der Waals surface area contributed by atoms with Crippen molar-refractivity contribution in [2.45, 2.75) is 11.4 Å². The van der Waals surface area contributed by atoms with Crippen LogP contribution in [-0.2, 0) is 16.6 Å². The first-order valence-corrected chi connectivity index (χ1v) is 7.83. The molecule has 1 aromatic heterocycles. The third-order valence-corrected chi connectivity index (χ3v) is 5.15. The van der Waals surface area contributed by atoms with Crippen LogP contribution in [0.4, 0.5) is 0 Å². The van der Waals surface area contributed by atoms with E-state index in [1.54, 1.807) is 24.3 Å². The molecular formula is C14H12ClN3O2S. The molecule has 0 atom stereocenters. The average molecular weight is 322 g/mol. The number of pyridine rings is 1. The molecule has 0 aliphatic heterocycles. The maximum atomic E-state index is 12.4. The van der Waals surface area contributed by atoms with Crippen molar-refractivity contribution in [3.05, 3.63) is 58.9 Å². The molecular weight excluding hydrogens is 310 g/mol. The maximum absolute atomic E-state index is 12.4. The fraction of sp³-hybridized carbons (Fsp3) is 0.143. The molecule has 7 heteroatoms. The van der Waals surface area contributed by atoms with Gasteiger partial charge in [0.25, 0.3) is 0 Å². The second-order valence-corrected chi connectivity index (χ2v) is 6.73. The molecule has 2 rings (SSSR count). The molecule has 0 radical (unpaired) electrons. The SMILES string of the molecule is CN(Cc1ccc(C#N)cc1)S(=O)(=O)c1cccnc1Cl. The number of benzene rings is 1. The zero-order chi connectivity index (χ0) is 15.5. The van der Waals surface area contributed by atoms with Crippen LogP contribution in [0.3, 0.4) is 0 Å². The molecule has 21 heavy (non-hydrogen) atoms. The Morgan fingerprint density at radius 3 is 2.52 bits per heavy atom. The molecule has 0 N–H and O–H groups in total. The molecule has 2 aromatic rings. The van der Waals surface area contributed by atoms with Crippen molar-refractivity contribution >= 4 is 21.6 Å². The van der Waals surface area contributed by atoms with Gasteiger partial charge in [0.15, 0.2) is 0 Å². The minimum absolute atomic E-state index is 0.0252. The van der Waals surface area contributed by atoms with E-state index in [2.05, 4.69) is 4.98 Å². The zero-order valence-corrected chi connectivity index (χ0v) is 12.8. The fourth-order valence-corrected chi connectivity index (χ4v) is 3.34. The molecule has 1 aromatic carbocycles. The Labute approximate surface area is 128 Å². The Kier molecular flexibility index (Phi) is 4.58. The van der Waals surface area contributed by atoms with Gasteiger partial charge in [-0.05, 0) is 29.8 Å². The van der Waals surface area contributed by atoms with E-state index in [1.807, 2.05) is 6.07 Å². The van der Waals surface area contributed by atoms with Crippen LogP contribution in [0, 0.1) is 11.3 Å². The summed E-state index contributed by atoms with van der Waals surface area (Å²) in [6, 6.07) is 11.7. The first kappa shape index (κ1) is 15.4. The van der Waals surface area contributed by atoms with Crippen LogP contribution in [0.1, 0.15) is 11.1 Å². The van der Waals surface area contributed by atoms with E-state index in [0.717, 1.165) is 5.56 Å². The monoisotopic (exact) mass is 321 g/mol. The van der Waals surface area contributed by atoms with E-state index in [1.165, 1.54) is 29.7 Å². The molecule has 5 nitrogen and oxygen atoms in total. The van der Waals surface area contributed by atoms with Gasteiger partial charge in [-0.25, -0.2) is 13.4 Å². The minimum Gasteiger partial charge on any atom is -0.243 e. The van der Waals surface area contributed by atoms with E-state index >= 15 is 0 Å². The summed E-state index contributed by atoms with van der Waals surface area (Å²) in [7, 11) is -2.24. The molecule has 0 aliphatic carbocycles. The number of hydrogen-bond donors (Lipinski definition) is 0. The summed E-state index contributed by atoms with van der Waals surface area (Å²) in [5, 5.41) is 8.69. The van der Waals surface area contributed by atoms with Gasteiger partial charge in [-0.2, -0.15) is 9.57 Å². The fourth-order valence-electron chi connectivity index (χ4n) is 1.76. The summed E-state index contributed by atoms with van der Waals surface area (Å²) in [5.41, 5.74) is 1.31. The summed E-state index contributed by atoms with van der Waals surface area (Å²) in [6.07, 6.45) is 1.43. The van der Waals surface area contributed by atoms with E-state index < -0.39 is 10.0 Å². The van der Waals surface area contributed by atoms with Gasteiger partial charge in [0.2, 0.25) is 10.0 Å². The summed E-state index contributed by atoms with van der Waals surface area (Å²) < 4.78 is 26.1. The van der Waals surface area contributed by atoms with E-state index in [4.69, 9.17) is 16.9 Å². The Balaban J connectivity index is 2.25. The number of nitriles is 1. The standard InChI is InChI=1S/C14H12ClN3O2S/c1-18(10-12-6-4-11(9-16)5-7-12)21(19,20)13-3-2-8-17-14(13)15/h2-8H,10H2,1H3. The van der Waals surface area contributed by atoms with Gasteiger partial charge in [-0.3, -0.25) is 0 Å². The van der Waals surface area contributed by atoms with Crippen molar-refractivity contribution in [2.24, 2.45) is 0 Å². The van der Waals surface area contributed by atoms with Crippen LogP contribution in [0.5, 0.6) is 0 Å². The smallest absolute Gasteiger partial charge is 0.243 e. The molecule has 0 fully saturated rings. The number of rotatable bonds is 4. The summed E-state index contributed by atoms with van der Waals surface area (Å²) in [5.74, 6) is 0. The van der Waals surface area contributed by atoms with Gasteiger partial charge in [-0.15, -0.1) is 0 Å². The first-order chi connectivity index (χ1) is 9.95. The molecule has 0 saturated carbocycles. The lowest BCUT2D eigenvalue weighted by Gasteiger charge is -2.17. The average Bonchev–Trinajstić information content (AvgIpc) is 2.48. The summed E-state index contributed by atoms with van der Waals surface area (Å²) in [6.45, 7) is 0.180. The lowest BCUT2D eigenvalue weighted by Crippen LogP contribution is -2.26. The van der Waals surface area contributed by atoms with Gasteiger partial charge in [0.05, 0.1) is 11.6 Å². The predicted octanol–water partition coefficient (Wildman–Crippen LogP) is 2.43. The van der Waals surface area contributed by atoms with Crippen LogP contribution in [-0.4, -0.2) is 24.8 Å². The van der Waals surface area contributed by atoms with Crippen molar-refractivity contribution in [3.8, 4) is 6.07 Å². The molecule has 108 valence electrons. The van der Waals surface area contributed by atoms with E-state index in [-0.39, 0.29) is 16.6 Å². The number of sulfonamides is 1. The summed E-state index contributed by atoms with van der Waals surface area (Å²) >= 11 is 5.84. The van der Waals surface area contributed by atoms with Crippen molar-refractivity contribution < 1.29 is 8.42 Å². The normalized spacial score (nSPS) is 11.3. The Hall–Kier alpha value is -1.94. The first-order valence-electron chi connectivity index (χ1n) is 6.01. The molecule has 0 spiro atoms. The third-order valence-electron chi connectivity index (χ3n) is 2.90. The highest BCUT2D eigenvalue weighted by Crippen LogP contribution is 2.22. The maximum Gasteiger partial charge on any atom is 0.246 e. The minimum atomic E-state index is -3.71. The molecule has 0 saturated heterocycles. The van der Waals surface area contributed by atoms with Gasteiger partial charge in [-0.1, -0.05) is 23.7 Å². The van der Waals surface area contributed by atoms with Crippen LogP contribution >= 0.6 is 11.6 Å². The Morgan fingerprint density at radius 2 is 1.95 bits per heavy atom. The van der Waals surface area contributed by atoms with Crippen molar-refractivity contribution in [2.75, 3.05) is 7.05 Å². The van der Waals surface area contributed by atoms with Crippen LogP contribution < -0.4 is 0 Å².